The highest BCUT2D eigenvalue weighted by atomic mass is 32.2. The molecule has 0 aromatic carbocycles. The fourth-order valence-corrected chi connectivity index (χ4v) is 3.66. The van der Waals surface area contributed by atoms with Gasteiger partial charge in [-0.3, -0.25) is 4.98 Å². The molecular weight excluding hydrogens is 308 g/mol. The van der Waals surface area contributed by atoms with E-state index in [9.17, 15) is 8.42 Å². The van der Waals surface area contributed by atoms with Crippen molar-refractivity contribution in [2.45, 2.75) is 31.7 Å². The molecule has 0 saturated carbocycles. The first-order valence-electron chi connectivity index (χ1n) is 6.61. The van der Waals surface area contributed by atoms with Gasteiger partial charge in [-0.05, 0) is 19.4 Å². The minimum Gasteiger partial charge on any atom is -0.384 e. The van der Waals surface area contributed by atoms with E-state index in [1.165, 1.54) is 17.5 Å². The van der Waals surface area contributed by atoms with Gasteiger partial charge in [0.15, 0.2) is 0 Å². The van der Waals surface area contributed by atoms with Gasteiger partial charge in [0.1, 0.15) is 4.90 Å². The summed E-state index contributed by atoms with van der Waals surface area (Å²) in [6.07, 6.45) is 3.85. The number of nitrogens with one attached hydrogen (secondary N) is 2. The molecule has 8 heteroatoms. The quantitative estimate of drug-likeness (QED) is 0.814. The molecule has 2 heterocycles. The lowest BCUT2D eigenvalue weighted by Gasteiger charge is -2.12. The molecule has 6 nitrogen and oxygen atoms in total. The van der Waals surface area contributed by atoms with Gasteiger partial charge in [0.2, 0.25) is 10.0 Å². The van der Waals surface area contributed by atoms with Gasteiger partial charge in [0.25, 0.3) is 0 Å². The van der Waals surface area contributed by atoms with Crippen LogP contribution in [0.15, 0.2) is 28.9 Å². The Hall–Kier alpha value is -1.51. The largest absolute Gasteiger partial charge is 0.384 e. The highest BCUT2D eigenvalue weighted by Gasteiger charge is 2.19. The second-order valence-corrected chi connectivity index (χ2v) is 7.16. The number of pyridine rings is 1. The van der Waals surface area contributed by atoms with Gasteiger partial charge >= 0.3 is 0 Å². The average molecular weight is 326 g/mol. The zero-order valence-corrected chi connectivity index (χ0v) is 13.6. The lowest BCUT2D eigenvalue weighted by molar-refractivity contribution is 0.581. The van der Waals surface area contributed by atoms with E-state index in [4.69, 9.17) is 0 Å². The fourth-order valence-electron chi connectivity index (χ4n) is 1.73. The fraction of sp³-hybridized carbons (Fsp3) is 0.385. The molecule has 2 aromatic heterocycles. The number of thiazole rings is 1. The zero-order chi connectivity index (χ0) is 15.3. The molecule has 0 bridgehead atoms. The smallest absolute Gasteiger partial charge is 0.244 e. The summed E-state index contributed by atoms with van der Waals surface area (Å²) in [5, 5.41) is 3.10. The summed E-state index contributed by atoms with van der Waals surface area (Å²) in [5.74, 6) is 0. The molecular formula is C13H18N4O2S2. The lowest BCUT2D eigenvalue weighted by Crippen LogP contribution is -2.24. The Morgan fingerprint density at radius 2 is 2.19 bits per heavy atom. The summed E-state index contributed by atoms with van der Waals surface area (Å²) in [7, 11) is -3.61. The number of rotatable bonds is 7. The Bertz CT molecular complexity index is 698. The van der Waals surface area contributed by atoms with E-state index in [1.54, 1.807) is 17.8 Å². The van der Waals surface area contributed by atoms with Crippen molar-refractivity contribution in [1.29, 1.82) is 0 Å². The minimum atomic E-state index is -3.61. The predicted molar refractivity (Wildman–Crippen MR) is 83.9 cm³/mol. The van der Waals surface area contributed by atoms with Crippen molar-refractivity contribution < 1.29 is 8.42 Å². The normalized spacial score (nSPS) is 11.5. The molecule has 0 unspecified atom stereocenters. The third kappa shape index (κ3) is 3.99. The number of anilines is 1. The van der Waals surface area contributed by atoms with Crippen LogP contribution in [0.1, 0.15) is 23.9 Å². The predicted octanol–water partition coefficient (Wildman–Crippen LogP) is 2.15. The van der Waals surface area contributed by atoms with Crippen LogP contribution in [0.3, 0.4) is 0 Å². The van der Waals surface area contributed by atoms with Crippen LogP contribution in [0.4, 0.5) is 5.69 Å². The molecule has 0 amide bonds. The summed E-state index contributed by atoms with van der Waals surface area (Å²) in [4.78, 5) is 9.10. The van der Waals surface area contributed by atoms with E-state index in [1.807, 2.05) is 13.8 Å². The minimum absolute atomic E-state index is 0.167. The summed E-state index contributed by atoms with van der Waals surface area (Å²) >= 11 is 1.43. The Kier molecular flexibility index (Phi) is 5.27. The molecule has 0 spiro atoms. The molecule has 0 aliphatic heterocycles. The van der Waals surface area contributed by atoms with Crippen LogP contribution in [0.5, 0.6) is 0 Å². The van der Waals surface area contributed by atoms with Gasteiger partial charge in [-0.1, -0.05) is 6.92 Å². The molecule has 0 aliphatic rings. The average Bonchev–Trinajstić information content (AvgIpc) is 2.89. The maximum Gasteiger partial charge on any atom is 0.244 e. The molecule has 21 heavy (non-hydrogen) atoms. The van der Waals surface area contributed by atoms with E-state index in [0.717, 1.165) is 17.0 Å². The third-order valence-electron chi connectivity index (χ3n) is 2.91. The number of aromatic nitrogens is 2. The summed E-state index contributed by atoms with van der Waals surface area (Å²) in [6.45, 7) is 4.83. The number of sulfonamides is 1. The van der Waals surface area contributed by atoms with Crippen molar-refractivity contribution in [3.63, 3.8) is 0 Å². The topological polar surface area (TPSA) is 84.0 Å². The maximum atomic E-state index is 12.4. The second-order valence-electron chi connectivity index (χ2n) is 4.48. The highest BCUT2D eigenvalue weighted by molar-refractivity contribution is 7.89. The van der Waals surface area contributed by atoms with Gasteiger partial charge in [-0.2, -0.15) is 0 Å². The van der Waals surface area contributed by atoms with E-state index in [-0.39, 0.29) is 11.4 Å². The zero-order valence-electron chi connectivity index (χ0n) is 12.0. The van der Waals surface area contributed by atoms with E-state index in [0.29, 0.717) is 12.2 Å². The Morgan fingerprint density at radius 3 is 2.86 bits per heavy atom. The molecule has 2 aromatic rings. The van der Waals surface area contributed by atoms with E-state index < -0.39 is 10.0 Å². The molecule has 0 fully saturated rings. The molecule has 0 radical (unpaired) electrons. The van der Waals surface area contributed by atoms with Crippen LogP contribution in [0.25, 0.3) is 0 Å². The van der Waals surface area contributed by atoms with Crippen molar-refractivity contribution >= 4 is 27.0 Å². The monoisotopic (exact) mass is 326 g/mol. The Balaban J connectivity index is 2.17. The third-order valence-corrected chi connectivity index (χ3v) is 5.27. The summed E-state index contributed by atoms with van der Waals surface area (Å²) in [6, 6.07) is 1.67. The van der Waals surface area contributed by atoms with Gasteiger partial charge < -0.3 is 5.32 Å². The molecule has 0 atom stereocenters. The van der Waals surface area contributed by atoms with Crippen molar-refractivity contribution in [1.82, 2.24) is 14.7 Å². The van der Waals surface area contributed by atoms with Gasteiger partial charge in [-0.15, -0.1) is 11.3 Å². The number of hydrogen-bond donors (Lipinski definition) is 2. The van der Waals surface area contributed by atoms with Crippen molar-refractivity contribution in [2.75, 3.05) is 11.9 Å². The van der Waals surface area contributed by atoms with Crippen molar-refractivity contribution in [3.8, 4) is 0 Å². The molecule has 0 aliphatic carbocycles. The number of hydrogen-bond acceptors (Lipinski definition) is 6. The van der Waals surface area contributed by atoms with Crippen LogP contribution in [0.2, 0.25) is 0 Å². The summed E-state index contributed by atoms with van der Waals surface area (Å²) < 4.78 is 27.4. The van der Waals surface area contributed by atoms with Gasteiger partial charge in [0, 0.05) is 30.4 Å². The SMILES string of the molecule is CCCNc1ccncc1S(=O)(=O)NCc1scnc1C. The second kappa shape index (κ2) is 6.97. The Labute approximate surface area is 128 Å². The van der Waals surface area contributed by atoms with Crippen molar-refractivity contribution in [2.24, 2.45) is 0 Å². The first-order chi connectivity index (χ1) is 10.0. The van der Waals surface area contributed by atoms with Crippen LogP contribution < -0.4 is 10.0 Å². The van der Waals surface area contributed by atoms with Crippen molar-refractivity contribution in [3.05, 3.63) is 34.5 Å². The first kappa shape index (κ1) is 15.9. The highest BCUT2D eigenvalue weighted by Crippen LogP contribution is 2.20. The van der Waals surface area contributed by atoms with Crippen LogP contribution in [-0.2, 0) is 16.6 Å². The van der Waals surface area contributed by atoms with Gasteiger partial charge in [-0.25, -0.2) is 18.1 Å². The number of aryl methyl sites for hydroxylation is 1. The maximum absolute atomic E-state index is 12.4. The van der Waals surface area contributed by atoms with Gasteiger partial charge in [0.05, 0.1) is 16.9 Å². The van der Waals surface area contributed by atoms with E-state index in [2.05, 4.69) is 20.0 Å². The molecule has 2 N–H and O–H groups in total. The Morgan fingerprint density at radius 1 is 1.38 bits per heavy atom. The first-order valence-corrected chi connectivity index (χ1v) is 8.97. The van der Waals surface area contributed by atoms with Crippen LogP contribution >= 0.6 is 11.3 Å². The molecule has 0 saturated heterocycles. The van der Waals surface area contributed by atoms with Crippen LogP contribution in [-0.4, -0.2) is 24.9 Å². The standard InChI is InChI=1S/C13H18N4O2S2/c1-3-5-15-11-4-6-14-8-13(11)21(18,19)17-7-12-10(2)16-9-20-12/h4,6,8-9,17H,3,5,7H2,1-2H3,(H,14,15). The number of nitrogens with zero attached hydrogens (tertiary/aromatic N) is 2. The lowest BCUT2D eigenvalue weighted by atomic mass is 10.4. The summed E-state index contributed by atoms with van der Waals surface area (Å²) in [5.41, 5.74) is 3.12. The molecule has 114 valence electrons. The molecule has 2 rings (SSSR count). The van der Waals surface area contributed by atoms with E-state index >= 15 is 0 Å². The van der Waals surface area contributed by atoms with Crippen LogP contribution in [0, 0.1) is 6.92 Å².